The van der Waals surface area contributed by atoms with Gasteiger partial charge in [0, 0.05) is 28.7 Å². The molecule has 0 heterocycles. The van der Waals surface area contributed by atoms with Crippen molar-refractivity contribution in [1.82, 2.24) is 10.2 Å². The summed E-state index contributed by atoms with van der Waals surface area (Å²) in [6.07, 6.45) is 1.78. The monoisotopic (exact) mass is 555 g/mol. The zero-order valence-electron chi connectivity index (χ0n) is 21.6. The third kappa shape index (κ3) is 7.85. The highest BCUT2D eigenvalue weighted by molar-refractivity contribution is 7.92. The smallest absolute Gasteiger partial charge is 0.244 e. The molecule has 1 N–H and O–H groups in total. The summed E-state index contributed by atoms with van der Waals surface area (Å²) in [4.78, 5) is 27.7. The molecule has 2 aromatic rings. The first-order valence-corrected chi connectivity index (χ1v) is 14.4. The summed E-state index contributed by atoms with van der Waals surface area (Å²) >= 11 is 12.7. The minimum atomic E-state index is -3.81. The van der Waals surface area contributed by atoms with Gasteiger partial charge in [0.25, 0.3) is 0 Å². The van der Waals surface area contributed by atoms with E-state index in [1.807, 2.05) is 19.1 Å². The Bertz CT molecular complexity index is 1160. The maximum Gasteiger partial charge on any atom is 0.244 e. The number of halogens is 2. The van der Waals surface area contributed by atoms with E-state index in [4.69, 9.17) is 23.2 Å². The molecule has 10 heteroatoms. The van der Waals surface area contributed by atoms with Gasteiger partial charge < -0.3 is 10.2 Å². The summed E-state index contributed by atoms with van der Waals surface area (Å²) < 4.78 is 26.5. The van der Waals surface area contributed by atoms with Crippen molar-refractivity contribution in [1.29, 1.82) is 0 Å². The third-order valence-corrected chi connectivity index (χ3v) is 7.66. The topological polar surface area (TPSA) is 86.8 Å². The van der Waals surface area contributed by atoms with E-state index in [2.05, 4.69) is 26.1 Å². The van der Waals surface area contributed by atoms with E-state index in [-0.39, 0.29) is 17.9 Å². The average molecular weight is 557 g/mol. The second kappa shape index (κ2) is 12.3. The Morgan fingerprint density at radius 1 is 1.03 bits per heavy atom. The number of nitrogens with one attached hydrogen (secondary N) is 1. The van der Waals surface area contributed by atoms with E-state index >= 15 is 0 Å². The standard InChI is InChI=1S/C26H35Cl2N3O4S/c1-7-15-29-25(33)18(2)30(16-21-22(27)9-8-10-23(21)28)24(32)17-31(36(6,34)35)20-13-11-19(12-14-20)26(3,4)5/h8-14,18H,7,15-17H2,1-6H3,(H,29,33)/t18-/m1/s1. The number of carbonyl (C=O) groups is 2. The van der Waals surface area contributed by atoms with Crippen LogP contribution in [-0.4, -0.2) is 50.5 Å². The van der Waals surface area contributed by atoms with Crippen LogP contribution in [0.2, 0.25) is 10.0 Å². The lowest BCUT2D eigenvalue weighted by Crippen LogP contribution is -2.51. The van der Waals surface area contributed by atoms with Crippen LogP contribution >= 0.6 is 23.2 Å². The Hall–Kier alpha value is -2.29. The van der Waals surface area contributed by atoms with Crippen LogP contribution in [0.1, 0.15) is 52.2 Å². The van der Waals surface area contributed by atoms with Crippen LogP contribution in [0.5, 0.6) is 0 Å². The summed E-state index contributed by atoms with van der Waals surface area (Å²) in [6, 6.07) is 11.1. The van der Waals surface area contributed by atoms with Gasteiger partial charge in [-0.3, -0.25) is 13.9 Å². The maximum atomic E-state index is 13.6. The first kappa shape index (κ1) is 29.9. The van der Waals surface area contributed by atoms with Crippen molar-refractivity contribution in [2.75, 3.05) is 23.7 Å². The predicted molar refractivity (Wildman–Crippen MR) is 147 cm³/mol. The largest absolute Gasteiger partial charge is 0.354 e. The van der Waals surface area contributed by atoms with Crippen molar-refractivity contribution in [3.05, 3.63) is 63.6 Å². The Morgan fingerprint density at radius 3 is 2.06 bits per heavy atom. The van der Waals surface area contributed by atoms with E-state index in [9.17, 15) is 18.0 Å². The van der Waals surface area contributed by atoms with Gasteiger partial charge in [0.1, 0.15) is 12.6 Å². The fourth-order valence-corrected chi connectivity index (χ4v) is 4.94. The van der Waals surface area contributed by atoms with Gasteiger partial charge in [-0.1, -0.05) is 69.1 Å². The number of nitrogens with zero attached hydrogens (tertiary/aromatic N) is 2. The minimum absolute atomic E-state index is 0.0569. The second-order valence-corrected chi connectivity index (χ2v) is 12.5. The van der Waals surface area contributed by atoms with Crippen LogP contribution in [-0.2, 0) is 31.6 Å². The highest BCUT2D eigenvalue weighted by Crippen LogP contribution is 2.28. The van der Waals surface area contributed by atoms with E-state index < -0.39 is 28.5 Å². The summed E-state index contributed by atoms with van der Waals surface area (Å²) in [5, 5.41) is 3.48. The van der Waals surface area contributed by atoms with Crippen molar-refractivity contribution >= 4 is 50.7 Å². The Kier molecular flexibility index (Phi) is 10.2. The molecule has 0 spiro atoms. The number of benzene rings is 2. The number of anilines is 1. The molecular formula is C26H35Cl2N3O4S. The molecule has 0 aliphatic carbocycles. The van der Waals surface area contributed by atoms with Crippen molar-refractivity contribution in [3.63, 3.8) is 0 Å². The van der Waals surface area contributed by atoms with E-state index in [0.29, 0.717) is 27.8 Å². The van der Waals surface area contributed by atoms with Crippen LogP contribution in [0.3, 0.4) is 0 Å². The van der Waals surface area contributed by atoms with Gasteiger partial charge in [-0.25, -0.2) is 8.42 Å². The number of carbonyl (C=O) groups excluding carboxylic acids is 2. The predicted octanol–water partition coefficient (Wildman–Crippen LogP) is 5.00. The molecule has 0 bridgehead atoms. The van der Waals surface area contributed by atoms with Crippen LogP contribution in [0.15, 0.2) is 42.5 Å². The number of hydrogen-bond acceptors (Lipinski definition) is 4. The quantitative estimate of drug-likeness (QED) is 0.446. The zero-order chi connectivity index (χ0) is 27.3. The van der Waals surface area contributed by atoms with Gasteiger partial charge in [0.15, 0.2) is 0 Å². The first-order chi connectivity index (χ1) is 16.7. The molecular weight excluding hydrogens is 521 g/mol. The number of hydrogen-bond donors (Lipinski definition) is 1. The minimum Gasteiger partial charge on any atom is -0.354 e. The van der Waals surface area contributed by atoms with Gasteiger partial charge in [-0.2, -0.15) is 0 Å². The molecule has 36 heavy (non-hydrogen) atoms. The normalized spacial score (nSPS) is 12.7. The first-order valence-electron chi connectivity index (χ1n) is 11.7. The van der Waals surface area contributed by atoms with Crippen molar-refractivity contribution in [2.45, 2.75) is 59.0 Å². The van der Waals surface area contributed by atoms with Crippen molar-refractivity contribution < 1.29 is 18.0 Å². The SMILES string of the molecule is CCCNC(=O)[C@@H](C)N(Cc1c(Cl)cccc1Cl)C(=O)CN(c1ccc(C(C)(C)C)cc1)S(C)(=O)=O. The van der Waals surface area contributed by atoms with Gasteiger partial charge in [0.2, 0.25) is 21.8 Å². The lowest BCUT2D eigenvalue weighted by molar-refractivity contribution is -0.139. The molecule has 0 saturated carbocycles. The van der Waals surface area contributed by atoms with Crippen LogP contribution in [0.4, 0.5) is 5.69 Å². The second-order valence-electron chi connectivity index (χ2n) is 9.76. The zero-order valence-corrected chi connectivity index (χ0v) is 24.0. The van der Waals surface area contributed by atoms with Crippen LogP contribution in [0.25, 0.3) is 0 Å². The molecule has 0 aliphatic heterocycles. The molecule has 7 nitrogen and oxygen atoms in total. The fourth-order valence-electron chi connectivity index (χ4n) is 3.57. The molecule has 0 saturated heterocycles. The summed E-state index contributed by atoms with van der Waals surface area (Å²) in [5.41, 5.74) is 1.75. The van der Waals surface area contributed by atoms with Gasteiger partial charge in [-0.15, -0.1) is 0 Å². The number of amides is 2. The van der Waals surface area contributed by atoms with Gasteiger partial charge >= 0.3 is 0 Å². The van der Waals surface area contributed by atoms with E-state index in [1.54, 1.807) is 37.3 Å². The van der Waals surface area contributed by atoms with Gasteiger partial charge in [0.05, 0.1) is 11.9 Å². The Morgan fingerprint density at radius 2 is 1.58 bits per heavy atom. The summed E-state index contributed by atoms with van der Waals surface area (Å²) in [6.45, 7) is 9.60. The maximum absolute atomic E-state index is 13.6. The highest BCUT2D eigenvalue weighted by atomic mass is 35.5. The Balaban J connectivity index is 2.44. The molecule has 2 rings (SSSR count). The molecule has 0 fully saturated rings. The fraction of sp³-hybridized carbons (Fsp3) is 0.462. The summed E-state index contributed by atoms with van der Waals surface area (Å²) in [5.74, 6) is -0.913. The van der Waals surface area contributed by atoms with Gasteiger partial charge in [-0.05, 0) is 48.6 Å². The lowest BCUT2D eigenvalue weighted by atomic mass is 9.87. The van der Waals surface area contributed by atoms with E-state index in [1.165, 1.54) is 4.90 Å². The average Bonchev–Trinajstić information content (AvgIpc) is 2.79. The molecule has 0 aromatic heterocycles. The molecule has 0 unspecified atom stereocenters. The molecule has 2 aromatic carbocycles. The van der Waals surface area contributed by atoms with Crippen molar-refractivity contribution in [2.24, 2.45) is 0 Å². The molecule has 2 amide bonds. The highest BCUT2D eigenvalue weighted by Gasteiger charge is 2.31. The molecule has 198 valence electrons. The molecule has 1 atom stereocenters. The Labute approximate surface area is 224 Å². The van der Waals surface area contributed by atoms with Crippen LogP contribution in [0, 0.1) is 0 Å². The lowest BCUT2D eigenvalue weighted by Gasteiger charge is -2.32. The number of rotatable bonds is 10. The van der Waals surface area contributed by atoms with Crippen LogP contribution < -0.4 is 9.62 Å². The summed E-state index contributed by atoms with van der Waals surface area (Å²) in [7, 11) is -3.81. The molecule has 0 radical (unpaired) electrons. The van der Waals surface area contributed by atoms with Crippen molar-refractivity contribution in [3.8, 4) is 0 Å². The third-order valence-electron chi connectivity index (χ3n) is 5.81. The van der Waals surface area contributed by atoms with E-state index in [0.717, 1.165) is 22.5 Å². The number of sulfonamides is 1. The molecule has 0 aliphatic rings.